The monoisotopic (exact) mass is 444 g/mol. The van der Waals surface area contributed by atoms with E-state index >= 15 is 0 Å². The van der Waals surface area contributed by atoms with Crippen molar-refractivity contribution in [2.75, 3.05) is 38.5 Å². The highest BCUT2D eigenvalue weighted by atomic mass is 32.2. The molecular formula is C16H23F3N2O5S2. The molecule has 12 heteroatoms. The fourth-order valence-electron chi connectivity index (χ4n) is 3.10. The maximum atomic E-state index is 12.0. The van der Waals surface area contributed by atoms with Crippen molar-refractivity contribution in [3.05, 3.63) is 22.4 Å². The number of hydrogen-bond donors (Lipinski definition) is 1. The Hall–Kier alpha value is -1.21. The topological polar surface area (TPSA) is 87.2 Å². The summed E-state index contributed by atoms with van der Waals surface area (Å²) >= 11 is 1.77. The molecule has 1 aromatic heterocycles. The Balaban J connectivity index is 0.000000345. The van der Waals surface area contributed by atoms with Crippen LogP contribution < -0.4 is 0 Å². The number of carboxylic acids is 1. The first-order valence-electron chi connectivity index (χ1n) is 8.67. The second kappa shape index (κ2) is 9.53. The van der Waals surface area contributed by atoms with Crippen LogP contribution in [0.25, 0.3) is 0 Å². The van der Waals surface area contributed by atoms with Gasteiger partial charge in [0.15, 0.2) is 0 Å². The van der Waals surface area contributed by atoms with E-state index in [2.05, 4.69) is 22.4 Å². The van der Waals surface area contributed by atoms with Gasteiger partial charge in [-0.15, -0.1) is 11.3 Å². The molecule has 2 aliphatic heterocycles. The predicted octanol–water partition coefficient (Wildman–Crippen LogP) is 1.86. The summed E-state index contributed by atoms with van der Waals surface area (Å²) in [5.74, 6) is -2.30. The summed E-state index contributed by atoms with van der Waals surface area (Å²) in [5, 5.41) is 9.22. The van der Waals surface area contributed by atoms with Crippen molar-refractivity contribution in [3.63, 3.8) is 0 Å². The minimum atomic E-state index is -5.08. The number of carbonyl (C=O) groups is 1. The molecule has 0 radical (unpaired) electrons. The average Bonchev–Trinajstić information content (AvgIpc) is 3.21. The standard InChI is InChI=1S/C14H22N2O3S2.C2HF3O2/c1-2-21(17,18)16-9-12-8-15(5-6-19-14(12)11-16)10-13-4-3-7-20-13;3-2(4,5)1(6)7/h3-4,7,12,14H,2,5-6,8-11H2,1H3;(H,6,7)/t12-,14+;/m0./s1. The number of fused-ring (bicyclic) bond motifs is 1. The summed E-state index contributed by atoms with van der Waals surface area (Å²) in [4.78, 5) is 12.6. The second-order valence-corrected chi connectivity index (χ2v) is 9.79. The second-order valence-electron chi connectivity index (χ2n) is 6.50. The normalized spacial score (nSPS) is 24.1. The van der Waals surface area contributed by atoms with Crippen LogP contribution >= 0.6 is 11.3 Å². The van der Waals surface area contributed by atoms with Crippen LogP contribution in [0.2, 0.25) is 0 Å². The fraction of sp³-hybridized carbons (Fsp3) is 0.688. The van der Waals surface area contributed by atoms with E-state index in [1.807, 2.05) is 0 Å². The van der Waals surface area contributed by atoms with Gasteiger partial charge in [0.05, 0.1) is 18.5 Å². The number of hydrogen-bond acceptors (Lipinski definition) is 6. The lowest BCUT2D eigenvalue weighted by molar-refractivity contribution is -0.192. The molecule has 3 rings (SSSR count). The molecule has 0 aliphatic carbocycles. The number of ether oxygens (including phenoxy) is 1. The van der Waals surface area contributed by atoms with Crippen LogP contribution in [-0.2, 0) is 26.1 Å². The highest BCUT2D eigenvalue weighted by molar-refractivity contribution is 7.89. The minimum absolute atomic E-state index is 0.0552. The van der Waals surface area contributed by atoms with Crippen LogP contribution in [0.4, 0.5) is 13.2 Å². The molecule has 160 valence electrons. The largest absolute Gasteiger partial charge is 0.490 e. The number of nitrogens with zero attached hydrogens (tertiary/aromatic N) is 2. The molecule has 2 saturated heterocycles. The lowest BCUT2D eigenvalue weighted by Gasteiger charge is -2.22. The van der Waals surface area contributed by atoms with Crippen LogP contribution in [0.1, 0.15) is 11.8 Å². The maximum Gasteiger partial charge on any atom is 0.490 e. The van der Waals surface area contributed by atoms with Gasteiger partial charge in [-0.1, -0.05) is 6.07 Å². The molecule has 7 nitrogen and oxygen atoms in total. The molecule has 0 amide bonds. The van der Waals surface area contributed by atoms with Gasteiger partial charge in [0, 0.05) is 43.5 Å². The van der Waals surface area contributed by atoms with Crippen molar-refractivity contribution < 1.29 is 36.2 Å². The third-order valence-electron chi connectivity index (χ3n) is 4.54. The molecule has 1 aromatic rings. The van der Waals surface area contributed by atoms with Gasteiger partial charge in [-0.05, 0) is 18.4 Å². The van der Waals surface area contributed by atoms with Crippen molar-refractivity contribution in [3.8, 4) is 0 Å². The van der Waals surface area contributed by atoms with Crippen molar-refractivity contribution in [1.29, 1.82) is 0 Å². The SMILES string of the molecule is CCS(=O)(=O)N1C[C@@H]2CN(Cc3cccs3)CCO[C@@H]2C1.O=C(O)C(F)(F)F. The Morgan fingerprint density at radius 2 is 2.04 bits per heavy atom. The molecule has 0 bridgehead atoms. The van der Waals surface area contributed by atoms with Crippen LogP contribution in [0.15, 0.2) is 17.5 Å². The van der Waals surface area contributed by atoms with E-state index in [1.165, 1.54) is 4.88 Å². The van der Waals surface area contributed by atoms with Gasteiger partial charge in [0.2, 0.25) is 10.0 Å². The van der Waals surface area contributed by atoms with Gasteiger partial charge in [-0.25, -0.2) is 13.2 Å². The first-order chi connectivity index (χ1) is 13.0. The highest BCUT2D eigenvalue weighted by Crippen LogP contribution is 2.27. The molecule has 3 heterocycles. The Morgan fingerprint density at radius 3 is 2.57 bits per heavy atom. The van der Waals surface area contributed by atoms with E-state index in [0.717, 1.165) is 19.6 Å². The Kier molecular flexibility index (Phi) is 7.85. The van der Waals surface area contributed by atoms with Gasteiger partial charge in [-0.2, -0.15) is 17.5 Å². The zero-order valence-corrected chi connectivity index (χ0v) is 16.9. The van der Waals surface area contributed by atoms with Crippen LogP contribution in [-0.4, -0.2) is 79.5 Å². The predicted molar refractivity (Wildman–Crippen MR) is 97.6 cm³/mol. The molecule has 0 spiro atoms. The van der Waals surface area contributed by atoms with Gasteiger partial charge in [0.1, 0.15) is 0 Å². The zero-order valence-electron chi connectivity index (χ0n) is 15.3. The van der Waals surface area contributed by atoms with Crippen LogP contribution in [0.3, 0.4) is 0 Å². The molecule has 28 heavy (non-hydrogen) atoms. The summed E-state index contributed by atoms with van der Waals surface area (Å²) in [6, 6.07) is 4.22. The zero-order chi connectivity index (χ0) is 20.9. The molecule has 0 unspecified atom stereocenters. The molecule has 1 N–H and O–H groups in total. The van der Waals surface area contributed by atoms with Crippen molar-refractivity contribution in [2.45, 2.75) is 25.7 Å². The van der Waals surface area contributed by atoms with Crippen molar-refractivity contribution >= 4 is 27.3 Å². The number of halogens is 3. The maximum absolute atomic E-state index is 12.0. The quantitative estimate of drug-likeness (QED) is 0.763. The molecular weight excluding hydrogens is 421 g/mol. The summed E-state index contributed by atoms with van der Waals surface area (Å²) in [6.07, 6.45) is -5.03. The van der Waals surface area contributed by atoms with Gasteiger partial charge >= 0.3 is 12.1 Å². The smallest absolute Gasteiger partial charge is 0.475 e. The summed E-state index contributed by atoms with van der Waals surface area (Å²) in [5.41, 5.74) is 0. The molecule has 2 aliphatic rings. The fourth-order valence-corrected chi connectivity index (χ4v) is 5.00. The Labute approximate surface area is 165 Å². The van der Waals surface area contributed by atoms with E-state index in [-0.39, 0.29) is 17.8 Å². The molecule has 0 aromatic carbocycles. The lowest BCUT2D eigenvalue weighted by Crippen LogP contribution is -2.34. The Morgan fingerprint density at radius 1 is 1.36 bits per heavy atom. The summed E-state index contributed by atoms with van der Waals surface area (Å²) < 4.78 is 63.3. The number of rotatable bonds is 4. The van der Waals surface area contributed by atoms with E-state index < -0.39 is 22.2 Å². The number of aliphatic carboxylic acids is 1. The number of sulfonamides is 1. The van der Waals surface area contributed by atoms with Gasteiger partial charge in [0.25, 0.3) is 0 Å². The van der Waals surface area contributed by atoms with E-state index in [1.54, 1.807) is 22.6 Å². The molecule has 0 saturated carbocycles. The van der Waals surface area contributed by atoms with E-state index in [4.69, 9.17) is 14.6 Å². The average molecular weight is 444 g/mol. The molecule has 2 atom stereocenters. The molecule has 2 fully saturated rings. The third kappa shape index (κ3) is 6.41. The number of thiophene rings is 1. The van der Waals surface area contributed by atoms with Crippen molar-refractivity contribution in [2.24, 2.45) is 5.92 Å². The van der Waals surface area contributed by atoms with E-state index in [9.17, 15) is 21.6 Å². The van der Waals surface area contributed by atoms with Gasteiger partial charge in [-0.3, -0.25) is 4.90 Å². The minimum Gasteiger partial charge on any atom is -0.475 e. The first kappa shape index (κ1) is 23.1. The Bertz CT molecular complexity index is 740. The summed E-state index contributed by atoms with van der Waals surface area (Å²) in [6.45, 7) is 6.28. The third-order valence-corrected chi connectivity index (χ3v) is 7.22. The van der Waals surface area contributed by atoms with Crippen LogP contribution in [0.5, 0.6) is 0 Å². The number of alkyl halides is 3. The van der Waals surface area contributed by atoms with E-state index in [0.29, 0.717) is 19.7 Å². The van der Waals surface area contributed by atoms with Crippen molar-refractivity contribution in [1.82, 2.24) is 9.21 Å². The van der Waals surface area contributed by atoms with Gasteiger partial charge < -0.3 is 9.84 Å². The highest BCUT2D eigenvalue weighted by Gasteiger charge is 2.40. The van der Waals surface area contributed by atoms with Crippen LogP contribution in [0, 0.1) is 5.92 Å². The number of carboxylic acid groups (broad SMARTS) is 1. The lowest BCUT2D eigenvalue weighted by atomic mass is 10.1. The first-order valence-corrected chi connectivity index (χ1v) is 11.2. The summed E-state index contributed by atoms with van der Waals surface area (Å²) in [7, 11) is -3.10.